The molecule has 0 aliphatic carbocycles. The first-order valence-electron chi connectivity index (χ1n) is 10.8. The zero-order valence-electron chi connectivity index (χ0n) is 18.4. The van der Waals surface area contributed by atoms with Crippen molar-refractivity contribution in [2.45, 2.75) is 32.7 Å². The smallest absolute Gasteiger partial charge is 0.261 e. The van der Waals surface area contributed by atoms with Crippen LogP contribution in [0.2, 0.25) is 0 Å². The molecule has 0 radical (unpaired) electrons. The largest absolute Gasteiger partial charge is 0.346 e. The molecule has 4 rings (SSSR count). The minimum absolute atomic E-state index is 0.0100. The number of para-hydroxylation sites is 1. The molecule has 0 saturated heterocycles. The van der Waals surface area contributed by atoms with Crippen LogP contribution in [-0.2, 0) is 17.8 Å². The Morgan fingerprint density at radius 1 is 1.12 bits per heavy atom. The van der Waals surface area contributed by atoms with Gasteiger partial charge in [-0.25, -0.2) is 4.98 Å². The van der Waals surface area contributed by atoms with Gasteiger partial charge in [0.25, 0.3) is 5.56 Å². The van der Waals surface area contributed by atoms with Gasteiger partial charge in [0.05, 0.1) is 22.9 Å². The molecule has 164 valence electrons. The fraction of sp³-hybridized carbons (Fsp3) is 0.280. The topological polar surface area (TPSA) is 83.9 Å². The van der Waals surface area contributed by atoms with Crippen molar-refractivity contribution in [2.75, 3.05) is 13.6 Å². The molecular weight excluding hydrogens is 402 g/mol. The van der Waals surface area contributed by atoms with Gasteiger partial charge in [-0.05, 0) is 37.5 Å². The number of nitrogens with zero attached hydrogens (tertiary/aromatic N) is 4. The van der Waals surface area contributed by atoms with Crippen molar-refractivity contribution in [3.05, 3.63) is 82.5 Å². The first-order chi connectivity index (χ1) is 15.5. The molecule has 0 saturated carbocycles. The van der Waals surface area contributed by atoms with Crippen molar-refractivity contribution in [3.63, 3.8) is 0 Å². The van der Waals surface area contributed by atoms with E-state index in [-0.39, 0.29) is 17.9 Å². The Morgan fingerprint density at radius 2 is 1.94 bits per heavy atom. The van der Waals surface area contributed by atoms with Crippen LogP contribution in [0.3, 0.4) is 0 Å². The van der Waals surface area contributed by atoms with E-state index in [1.54, 1.807) is 18.0 Å². The Bertz CT molecular complexity index is 1280. The van der Waals surface area contributed by atoms with Crippen molar-refractivity contribution in [2.24, 2.45) is 0 Å². The van der Waals surface area contributed by atoms with E-state index < -0.39 is 0 Å². The van der Waals surface area contributed by atoms with E-state index in [1.165, 1.54) is 10.9 Å². The molecule has 0 unspecified atom stereocenters. The van der Waals surface area contributed by atoms with Crippen molar-refractivity contribution in [1.82, 2.24) is 24.6 Å². The standard InChI is InChI=1S/C25H27N5O2/c1-18-8-6-12-21-24(18)26-17-30(25(21)32)15-13-23(31)29(2)14-7-11-20-16-22(28-27-20)19-9-4-3-5-10-19/h3-6,8-10,12,16-17H,7,11,13-15H2,1-2H3,(H,27,28). The fourth-order valence-electron chi connectivity index (χ4n) is 3.78. The zero-order chi connectivity index (χ0) is 22.5. The summed E-state index contributed by atoms with van der Waals surface area (Å²) in [6, 6.07) is 17.7. The SMILES string of the molecule is Cc1cccc2c(=O)n(CCC(=O)N(C)CCCc3cc(-c4ccccc4)n[nH]3)cnc12. The van der Waals surface area contributed by atoms with Crippen molar-refractivity contribution in [1.29, 1.82) is 0 Å². The molecule has 0 aliphatic rings. The van der Waals surface area contributed by atoms with Crippen LogP contribution in [0, 0.1) is 6.92 Å². The second kappa shape index (κ2) is 9.60. The molecular formula is C25H27N5O2. The number of nitrogens with one attached hydrogen (secondary N) is 1. The van der Waals surface area contributed by atoms with E-state index in [4.69, 9.17) is 0 Å². The summed E-state index contributed by atoms with van der Waals surface area (Å²) >= 11 is 0. The van der Waals surface area contributed by atoms with Gasteiger partial charge in [-0.3, -0.25) is 19.3 Å². The fourth-order valence-corrected chi connectivity index (χ4v) is 3.78. The van der Waals surface area contributed by atoms with E-state index in [2.05, 4.69) is 21.2 Å². The molecule has 2 aromatic carbocycles. The molecule has 0 bridgehead atoms. The highest BCUT2D eigenvalue weighted by atomic mass is 16.2. The number of hydrogen-bond acceptors (Lipinski definition) is 4. The van der Waals surface area contributed by atoms with Crippen LogP contribution in [0.25, 0.3) is 22.2 Å². The average molecular weight is 430 g/mol. The molecule has 0 fully saturated rings. The number of amides is 1. The number of carbonyl (C=O) groups is 1. The Balaban J connectivity index is 1.28. The Labute approximate surface area is 186 Å². The normalized spacial score (nSPS) is 11.1. The van der Waals surface area contributed by atoms with Crippen molar-refractivity contribution < 1.29 is 4.79 Å². The Morgan fingerprint density at radius 3 is 2.75 bits per heavy atom. The molecule has 7 heteroatoms. The average Bonchev–Trinajstić information content (AvgIpc) is 3.28. The maximum atomic E-state index is 12.7. The number of fused-ring (bicyclic) bond motifs is 1. The van der Waals surface area contributed by atoms with Crippen LogP contribution < -0.4 is 5.56 Å². The monoisotopic (exact) mass is 429 g/mol. The molecule has 0 aliphatic heterocycles. The quantitative estimate of drug-likeness (QED) is 0.464. The van der Waals surface area contributed by atoms with Gasteiger partial charge in [0.15, 0.2) is 0 Å². The number of hydrogen-bond donors (Lipinski definition) is 1. The summed E-state index contributed by atoms with van der Waals surface area (Å²) in [5.74, 6) is 0.0100. The van der Waals surface area contributed by atoms with Gasteiger partial charge >= 0.3 is 0 Å². The van der Waals surface area contributed by atoms with E-state index in [9.17, 15) is 9.59 Å². The molecule has 4 aromatic rings. The van der Waals surface area contributed by atoms with Gasteiger partial charge in [-0.2, -0.15) is 5.10 Å². The number of carbonyl (C=O) groups excluding carboxylic acids is 1. The van der Waals surface area contributed by atoms with E-state index in [0.717, 1.165) is 35.4 Å². The van der Waals surface area contributed by atoms with Crippen LogP contribution in [-0.4, -0.2) is 44.1 Å². The maximum absolute atomic E-state index is 12.7. The van der Waals surface area contributed by atoms with Gasteiger partial charge in [-0.15, -0.1) is 0 Å². The summed E-state index contributed by atoms with van der Waals surface area (Å²) in [6.07, 6.45) is 3.44. The summed E-state index contributed by atoms with van der Waals surface area (Å²) in [4.78, 5) is 31.4. The van der Waals surface area contributed by atoms with Crippen LogP contribution >= 0.6 is 0 Å². The lowest BCUT2D eigenvalue weighted by atomic mass is 10.1. The molecule has 0 atom stereocenters. The molecule has 2 heterocycles. The predicted molar refractivity (Wildman–Crippen MR) is 125 cm³/mol. The van der Waals surface area contributed by atoms with Crippen LogP contribution in [0.15, 0.2) is 65.7 Å². The summed E-state index contributed by atoms with van der Waals surface area (Å²) in [7, 11) is 1.80. The van der Waals surface area contributed by atoms with Gasteiger partial charge in [-0.1, -0.05) is 42.5 Å². The number of benzene rings is 2. The third kappa shape index (κ3) is 4.77. The van der Waals surface area contributed by atoms with Gasteiger partial charge in [0.1, 0.15) is 0 Å². The van der Waals surface area contributed by atoms with E-state index in [0.29, 0.717) is 24.0 Å². The summed E-state index contributed by atoms with van der Waals surface area (Å²) in [6.45, 7) is 2.89. The highest BCUT2D eigenvalue weighted by Gasteiger charge is 2.12. The Hall–Kier alpha value is -3.74. The third-order valence-electron chi connectivity index (χ3n) is 5.69. The molecule has 1 amide bonds. The van der Waals surface area contributed by atoms with Crippen LogP contribution in [0.4, 0.5) is 0 Å². The minimum atomic E-state index is -0.109. The van der Waals surface area contributed by atoms with Gasteiger partial charge in [0.2, 0.25) is 5.91 Å². The number of H-pyrrole nitrogens is 1. The number of aryl methyl sites for hydroxylation is 3. The number of aromatic amines is 1. The zero-order valence-corrected chi connectivity index (χ0v) is 18.4. The van der Waals surface area contributed by atoms with E-state index >= 15 is 0 Å². The van der Waals surface area contributed by atoms with Gasteiger partial charge in [0, 0.05) is 37.8 Å². The number of aromatic nitrogens is 4. The van der Waals surface area contributed by atoms with E-state index in [1.807, 2.05) is 49.4 Å². The lowest BCUT2D eigenvalue weighted by molar-refractivity contribution is -0.130. The highest BCUT2D eigenvalue weighted by molar-refractivity contribution is 5.80. The molecule has 1 N–H and O–H groups in total. The van der Waals surface area contributed by atoms with Crippen molar-refractivity contribution in [3.8, 4) is 11.3 Å². The molecule has 7 nitrogen and oxygen atoms in total. The van der Waals surface area contributed by atoms with Crippen molar-refractivity contribution >= 4 is 16.8 Å². The number of rotatable bonds is 8. The summed E-state index contributed by atoms with van der Waals surface area (Å²) in [5, 5.41) is 8.04. The predicted octanol–water partition coefficient (Wildman–Crippen LogP) is 3.58. The third-order valence-corrected chi connectivity index (χ3v) is 5.69. The summed E-state index contributed by atoms with van der Waals surface area (Å²) < 4.78 is 1.52. The van der Waals surface area contributed by atoms with Crippen LogP contribution in [0.5, 0.6) is 0 Å². The molecule has 2 aromatic heterocycles. The lowest BCUT2D eigenvalue weighted by Crippen LogP contribution is -2.30. The molecule has 0 spiro atoms. The minimum Gasteiger partial charge on any atom is -0.346 e. The van der Waals surface area contributed by atoms with Crippen LogP contribution in [0.1, 0.15) is 24.1 Å². The second-order valence-corrected chi connectivity index (χ2v) is 8.03. The maximum Gasteiger partial charge on any atom is 0.261 e. The Kier molecular flexibility index (Phi) is 6.44. The lowest BCUT2D eigenvalue weighted by Gasteiger charge is -2.17. The summed E-state index contributed by atoms with van der Waals surface area (Å²) in [5.41, 5.74) is 4.63. The first kappa shape index (κ1) is 21.5. The molecule has 32 heavy (non-hydrogen) atoms. The first-order valence-corrected chi connectivity index (χ1v) is 10.8. The second-order valence-electron chi connectivity index (χ2n) is 8.03. The van der Waals surface area contributed by atoms with Gasteiger partial charge < -0.3 is 4.90 Å². The highest BCUT2D eigenvalue weighted by Crippen LogP contribution is 2.17.